The van der Waals surface area contributed by atoms with Crippen molar-refractivity contribution in [2.24, 2.45) is 0 Å². The van der Waals surface area contributed by atoms with Crippen LogP contribution < -0.4 is 10.4 Å². The van der Waals surface area contributed by atoms with Crippen molar-refractivity contribution in [1.29, 1.82) is 0 Å². The molecule has 0 radical (unpaired) electrons. The molecule has 1 aromatic carbocycles. The second-order valence-corrected chi connectivity index (χ2v) is 5.81. The molecular formula is C18H21NO6. The number of rotatable bonds is 7. The molecule has 7 nitrogen and oxygen atoms in total. The highest BCUT2D eigenvalue weighted by molar-refractivity contribution is 5.83. The van der Waals surface area contributed by atoms with E-state index in [2.05, 4.69) is 0 Å². The minimum atomic E-state index is -0.957. The maximum absolute atomic E-state index is 12.2. The van der Waals surface area contributed by atoms with Gasteiger partial charge in [0.15, 0.2) is 0 Å². The summed E-state index contributed by atoms with van der Waals surface area (Å²) in [6, 6.07) is 5.25. The first-order chi connectivity index (χ1) is 11.8. The van der Waals surface area contributed by atoms with Gasteiger partial charge in [0.05, 0.1) is 13.5 Å². The van der Waals surface area contributed by atoms with Gasteiger partial charge in [0.25, 0.3) is 0 Å². The Labute approximate surface area is 144 Å². The number of ether oxygens (including phenoxy) is 1. The van der Waals surface area contributed by atoms with Crippen molar-refractivity contribution in [3.63, 3.8) is 0 Å². The highest BCUT2D eigenvalue weighted by Crippen LogP contribution is 2.24. The van der Waals surface area contributed by atoms with Gasteiger partial charge in [-0.2, -0.15) is 0 Å². The van der Waals surface area contributed by atoms with Gasteiger partial charge in [0.1, 0.15) is 11.3 Å². The second-order valence-electron chi connectivity index (χ2n) is 5.81. The number of amides is 1. The molecule has 0 unspecified atom stereocenters. The predicted octanol–water partition coefficient (Wildman–Crippen LogP) is 1.98. The molecule has 0 aliphatic carbocycles. The molecule has 0 saturated heterocycles. The summed E-state index contributed by atoms with van der Waals surface area (Å²) >= 11 is 0. The Kier molecular flexibility index (Phi) is 5.80. The van der Waals surface area contributed by atoms with Crippen LogP contribution in [0.3, 0.4) is 0 Å². The van der Waals surface area contributed by atoms with Crippen LogP contribution in [-0.4, -0.2) is 42.6 Å². The largest absolute Gasteiger partial charge is 0.497 e. The Morgan fingerprint density at radius 2 is 2.00 bits per heavy atom. The maximum Gasteiger partial charge on any atom is 0.339 e. The Morgan fingerprint density at radius 3 is 2.64 bits per heavy atom. The summed E-state index contributed by atoms with van der Waals surface area (Å²) in [6.07, 6.45) is 0.247. The van der Waals surface area contributed by atoms with Crippen LogP contribution in [-0.2, 0) is 16.0 Å². The van der Waals surface area contributed by atoms with Crippen LogP contribution in [0.4, 0.5) is 0 Å². The van der Waals surface area contributed by atoms with Gasteiger partial charge >= 0.3 is 11.6 Å². The van der Waals surface area contributed by atoms with Gasteiger partial charge in [-0.15, -0.1) is 0 Å². The normalized spacial score (nSPS) is 10.7. The first-order valence-corrected chi connectivity index (χ1v) is 7.89. The highest BCUT2D eigenvalue weighted by atomic mass is 16.5. The molecule has 0 aliphatic heterocycles. The molecule has 7 heteroatoms. The summed E-state index contributed by atoms with van der Waals surface area (Å²) in [6.45, 7) is 1.96. The van der Waals surface area contributed by atoms with Gasteiger partial charge < -0.3 is 19.2 Å². The van der Waals surface area contributed by atoms with Crippen molar-refractivity contribution < 1.29 is 23.8 Å². The zero-order valence-electron chi connectivity index (χ0n) is 14.5. The first-order valence-electron chi connectivity index (χ1n) is 7.89. The summed E-state index contributed by atoms with van der Waals surface area (Å²) in [4.78, 5) is 36.2. The van der Waals surface area contributed by atoms with E-state index in [0.717, 1.165) is 10.9 Å². The average Bonchev–Trinajstić information content (AvgIpc) is 2.58. The predicted molar refractivity (Wildman–Crippen MR) is 92.0 cm³/mol. The number of nitrogens with zero attached hydrogens (tertiary/aromatic N) is 1. The van der Waals surface area contributed by atoms with Gasteiger partial charge in [0, 0.05) is 37.0 Å². The number of hydrogen-bond acceptors (Lipinski definition) is 5. The number of fused-ring (bicyclic) bond motifs is 1. The van der Waals surface area contributed by atoms with Crippen LogP contribution in [0.25, 0.3) is 11.0 Å². The zero-order valence-corrected chi connectivity index (χ0v) is 14.5. The van der Waals surface area contributed by atoms with E-state index in [1.54, 1.807) is 19.2 Å². The highest BCUT2D eigenvalue weighted by Gasteiger charge is 2.15. The lowest BCUT2D eigenvalue weighted by Gasteiger charge is -2.16. The van der Waals surface area contributed by atoms with Gasteiger partial charge in [-0.05, 0) is 31.0 Å². The lowest BCUT2D eigenvalue weighted by Crippen LogP contribution is -2.29. The number of carboxylic acid groups (broad SMARTS) is 1. The third kappa shape index (κ3) is 4.37. The summed E-state index contributed by atoms with van der Waals surface area (Å²) < 4.78 is 10.5. The lowest BCUT2D eigenvalue weighted by molar-refractivity contribution is -0.138. The minimum absolute atomic E-state index is 0.110. The van der Waals surface area contributed by atoms with Crippen molar-refractivity contribution in [3.8, 4) is 5.75 Å². The average molecular weight is 347 g/mol. The molecule has 134 valence electrons. The van der Waals surface area contributed by atoms with Crippen LogP contribution in [0.5, 0.6) is 5.75 Å². The molecule has 2 aromatic rings. The molecule has 0 fully saturated rings. The quantitative estimate of drug-likeness (QED) is 0.769. The fourth-order valence-electron chi connectivity index (χ4n) is 2.60. The number of methoxy groups -OCH3 is 1. The van der Waals surface area contributed by atoms with E-state index < -0.39 is 11.6 Å². The molecule has 1 N–H and O–H groups in total. The zero-order chi connectivity index (χ0) is 18.6. The van der Waals surface area contributed by atoms with Crippen molar-refractivity contribution >= 4 is 22.8 Å². The van der Waals surface area contributed by atoms with Crippen LogP contribution >= 0.6 is 0 Å². The number of benzene rings is 1. The molecular weight excluding hydrogens is 326 g/mol. The molecule has 1 heterocycles. The molecule has 1 amide bonds. The van der Waals surface area contributed by atoms with E-state index >= 15 is 0 Å². The van der Waals surface area contributed by atoms with E-state index in [-0.39, 0.29) is 31.7 Å². The fraction of sp³-hybridized carbons (Fsp3) is 0.389. The van der Waals surface area contributed by atoms with Crippen molar-refractivity contribution in [2.75, 3.05) is 20.7 Å². The van der Waals surface area contributed by atoms with E-state index in [0.29, 0.717) is 16.9 Å². The summed E-state index contributed by atoms with van der Waals surface area (Å²) in [7, 11) is 3.08. The Hall–Kier alpha value is -2.83. The number of aliphatic carboxylic acids is 1. The number of hydrogen-bond donors (Lipinski definition) is 1. The molecule has 25 heavy (non-hydrogen) atoms. The second kappa shape index (κ2) is 7.83. The maximum atomic E-state index is 12.2. The number of carboxylic acids is 1. The number of carbonyl (C=O) groups excluding carboxylic acids is 1. The van der Waals surface area contributed by atoms with E-state index in [9.17, 15) is 14.4 Å². The number of aryl methyl sites for hydroxylation is 1. The molecule has 0 spiro atoms. The van der Waals surface area contributed by atoms with Crippen LogP contribution in [0.15, 0.2) is 27.4 Å². The van der Waals surface area contributed by atoms with E-state index in [1.807, 2.05) is 13.0 Å². The van der Waals surface area contributed by atoms with Gasteiger partial charge in [-0.25, -0.2) is 4.79 Å². The Balaban J connectivity index is 2.17. The Morgan fingerprint density at radius 1 is 1.28 bits per heavy atom. The van der Waals surface area contributed by atoms with E-state index in [4.69, 9.17) is 14.3 Å². The third-order valence-corrected chi connectivity index (χ3v) is 4.17. The lowest BCUT2D eigenvalue weighted by atomic mass is 10.0. The molecule has 0 atom stereocenters. The molecule has 0 aliphatic rings. The van der Waals surface area contributed by atoms with Crippen molar-refractivity contribution in [1.82, 2.24) is 4.90 Å². The van der Waals surface area contributed by atoms with E-state index in [1.165, 1.54) is 12.0 Å². The third-order valence-electron chi connectivity index (χ3n) is 4.17. The molecule has 1 aromatic heterocycles. The fourth-order valence-corrected chi connectivity index (χ4v) is 2.60. The van der Waals surface area contributed by atoms with Crippen LogP contribution in [0.1, 0.15) is 24.0 Å². The monoisotopic (exact) mass is 347 g/mol. The number of carbonyl (C=O) groups is 2. The minimum Gasteiger partial charge on any atom is -0.497 e. The van der Waals surface area contributed by atoms with Crippen molar-refractivity contribution in [3.05, 3.63) is 39.7 Å². The molecule has 2 rings (SSSR count). The summed E-state index contributed by atoms with van der Waals surface area (Å²) in [5.74, 6) is -0.575. The SMILES string of the molecule is COc1ccc2c(C)c(CCC(=O)N(C)CCC(=O)O)c(=O)oc2c1. The van der Waals surface area contributed by atoms with Crippen LogP contribution in [0.2, 0.25) is 0 Å². The topological polar surface area (TPSA) is 97.0 Å². The van der Waals surface area contributed by atoms with Gasteiger partial charge in [0.2, 0.25) is 5.91 Å². The van der Waals surface area contributed by atoms with Crippen molar-refractivity contribution in [2.45, 2.75) is 26.2 Å². The summed E-state index contributed by atoms with van der Waals surface area (Å²) in [5.41, 5.74) is 1.20. The molecule has 0 saturated carbocycles. The van der Waals surface area contributed by atoms with Gasteiger partial charge in [-0.3, -0.25) is 9.59 Å². The first kappa shape index (κ1) is 18.5. The smallest absolute Gasteiger partial charge is 0.339 e. The van der Waals surface area contributed by atoms with Gasteiger partial charge in [-0.1, -0.05) is 0 Å². The standard InChI is InChI=1S/C18H21NO6/c1-11-13-5-4-12(24-3)10-15(13)25-18(23)14(11)6-7-16(20)19(2)9-8-17(21)22/h4-5,10H,6-9H2,1-3H3,(H,21,22). The molecule has 0 bridgehead atoms. The Bertz CT molecular complexity index is 855. The van der Waals surface area contributed by atoms with Crippen LogP contribution in [0, 0.1) is 6.92 Å². The summed E-state index contributed by atoms with van der Waals surface area (Å²) in [5, 5.41) is 9.46.